The van der Waals surface area contributed by atoms with E-state index < -0.39 is 0 Å². The Kier molecular flexibility index (Phi) is 4.34. The molecule has 0 aliphatic carbocycles. The van der Waals surface area contributed by atoms with Crippen LogP contribution in [0.15, 0.2) is 91.0 Å². The van der Waals surface area contributed by atoms with Crippen molar-refractivity contribution in [2.75, 3.05) is 0 Å². The van der Waals surface area contributed by atoms with Gasteiger partial charge in [0.15, 0.2) is 5.65 Å². The average Bonchev–Trinajstić information content (AvgIpc) is 3.15. The molecule has 0 saturated heterocycles. The van der Waals surface area contributed by atoms with Crippen LogP contribution in [0.4, 0.5) is 0 Å². The highest BCUT2D eigenvalue weighted by atomic mass is 15.3. The first kappa shape index (κ1) is 17.8. The molecule has 2 heterocycles. The molecule has 4 nitrogen and oxygen atoms in total. The van der Waals surface area contributed by atoms with Gasteiger partial charge in [0.1, 0.15) is 11.8 Å². The van der Waals surface area contributed by atoms with E-state index in [2.05, 4.69) is 6.07 Å². The molecule has 3 aromatic carbocycles. The number of hydrogen-bond donors (Lipinski definition) is 0. The van der Waals surface area contributed by atoms with Gasteiger partial charge in [-0.1, -0.05) is 91.0 Å². The maximum absolute atomic E-state index is 10.2. The van der Waals surface area contributed by atoms with Crippen molar-refractivity contribution in [3.8, 4) is 39.7 Å². The van der Waals surface area contributed by atoms with Crippen molar-refractivity contribution in [3.63, 3.8) is 0 Å². The Hall–Kier alpha value is -4.23. The fraction of sp³-hybridized carbons (Fsp3) is 0.0385. The number of aryl methyl sites for hydroxylation is 1. The summed E-state index contributed by atoms with van der Waals surface area (Å²) < 4.78 is 1.80. The topological polar surface area (TPSA) is 54.5 Å². The second kappa shape index (κ2) is 7.31. The third-order valence-corrected chi connectivity index (χ3v) is 5.24. The lowest BCUT2D eigenvalue weighted by molar-refractivity contribution is 0.790. The quantitative estimate of drug-likeness (QED) is 0.391. The molecular weight excluding hydrogens is 368 g/mol. The van der Waals surface area contributed by atoms with E-state index in [9.17, 15) is 5.26 Å². The van der Waals surface area contributed by atoms with Gasteiger partial charge in [0.25, 0.3) is 0 Å². The Labute approximate surface area is 174 Å². The van der Waals surface area contributed by atoms with Gasteiger partial charge in [-0.25, -0.2) is 9.67 Å². The molecule has 0 radical (unpaired) electrons. The summed E-state index contributed by atoms with van der Waals surface area (Å²) in [6.07, 6.45) is 0. The van der Waals surface area contributed by atoms with E-state index in [-0.39, 0.29) is 0 Å². The molecule has 4 heteroatoms. The minimum atomic E-state index is 0.560. The SMILES string of the molecule is Cn1nc(-c2ccccc2)c2c(-c3ccccc3)c(C#N)c(-c3ccccc3)nc21. The van der Waals surface area contributed by atoms with Crippen LogP contribution in [0, 0.1) is 11.3 Å². The predicted octanol–water partition coefficient (Wildman–Crippen LogP) is 5.84. The van der Waals surface area contributed by atoms with Gasteiger partial charge >= 0.3 is 0 Å². The van der Waals surface area contributed by atoms with E-state index in [1.165, 1.54) is 0 Å². The normalized spacial score (nSPS) is 10.8. The summed E-state index contributed by atoms with van der Waals surface area (Å²) in [6.45, 7) is 0. The minimum absolute atomic E-state index is 0.560. The lowest BCUT2D eigenvalue weighted by atomic mass is 9.92. The van der Waals surface area contributed by atoms with Crippen molar-refractivity contribution < 1.29 is 0 Å². The number of nitriles is 1. The van der Waals surface area contributed by atoms with Gasteiger partial charge in [0, 0.05) is 23.7 Å². The van der Waals surface area contributed by atoms with E-state index >= 15 is 0 Å². The standard InChI is InChI=1S/C26H18N4/c1-30-26-23(25(29-30)20-15-9-4-10-16-20)22(18-11-5-2-6-12-18)21(17-27)24(28-26)19-13-7-3-8-14-19/h2-16H,1H3. The molecule has 30 heavy (non-hydrogen) atoms. The van der Waals surface area contributed by atoms with Crippen LogP contribution in [0.1, 0.15) is 5.56 Å². The van der Waals surface area contributed by atoms with Crippen molar-refractivity contribution in [1.82, 2.24) is 14.8 Å². The van der Waals surface area contributed by atoms with Crippen LogP contribution >= 0.6 is 0 Å². The summed E-state index contributed by atoms with van der Waals surface area (Å²) in [4.78, 5) is 4.93. The molecule has 0 amide bonds. The van der Waals surface area contributed by atoms with Gasteiger partial charge in [-0.2, -0.15) is 10.4 Å². The molecule has 2 aromatic heterocycles. The van der Waals surface area contributed by atoms with Crippen molar-refractivity contribution >= 4 is 11.0 Å². The van der Waals surface area contributed by atoms with E-state index in [1.807, 2.05) is 98.0 Å². The molecule has 0 saturated carbocycles. The van der Waals surface area contributed by atoms with Gasteiger partial charge in [-0.05, 0) is 5.56 Å². The minimum Gasteiger partial charge on any atom is -0.250 e. The third-order valence-electron chi connectivity index (χ3n) is 5.24. The predicted molar refractivity (Wildman–Crippen MR) is 120 cm³/mol. The van der Waals surface area contributed by atoms with Crippen LogP contribution in [0.2, 0.25) is 0 Å². The number of fused-ring (bicyclic) bond motifs is 1. The molecular formula is C26H18N4. The zero-order valence-electron chi connectivity index (χ0n) is 16.4. The summed E-state index contributed by atoms with van der Waals surface area (Å²) in [5.41, 5.74) is 6.57. The van der Waals surface area contributed by atoms with Crippen molar-refractivity contribution in [3.05, 3.63) is 96.6 Å². The molecule has 0 fully saturated rings. The molecule has 0 aliphatic heterocycles. The molecule has 0 aliphatic rings. The highest BCUT2D eigenvalue weighted by molar-refractivity contribution is 6.06. The van der Waals surface area contributed by atoms with Crippen LogP contribution < -0.4 is 0 Å². The smallest absolute Gasteiger partial charge is 0.159 e. The fourth-order valence-electron chi connectivity index (χ4n) is 3.88. The first-order valence-corrected chi connectivity index (χ1v) is 9.75. The number of nitrogens with zero attached hydrogens (tertiary/aromatic N) is 4. The zero-order valence-corrected chi connectivity index (χ0v) is 16.4. The highest BCUT2D eigenvalue weighted by Gasteiger charge is 2.23. The number of rotatable bonds is 3. The molecule has 0 atom stereocenters. The van der Waals surface area contributed by atoms with E-state index in [0.29, 0.717) is 11.3 Å². The Morgan fingerprint density at radius 2 is 1.20 bits per heavy atom. The van der Waals surface area contributed by atoms with Crippen LogP contribution in [0.3, 0.4) is 0 Å². The fourth-order valence-corrected chi connectivity index (χ4v) is 3.88. The number of benzene rings is 3. The van der Waals surface area contributed by atoms with Crippen molar-refractivity contribution in [1.29, 1.82) is 5.26 Å². The summed E-state index contributed by atoms with van der Waals surface area (Å²) >= 11 is 0. The maximum Gasteiger partial charge on any atom is 0.159 e. The Morgan fingerprint density at radius 1 is 0.700 bits per heavy atom. The monoisotopic (exact) mass is 386 g/mol. The van der Waals surface area contributed by atoms with Crippen LogP contribution in [0.25, 0.3) is 44.7 Å². The number of pyridine rings is 1. The largest absolute Gasteiger partial charge is 0.250 e. The summed E-state index contributed by atoms with van der Waals surface area (Å²) in [6, 6.07) is 32.4. The van der Waals surface area contributed by atoms with E-state index in [0.717, 1.165) is 39.0 Å². The first-order valence-electron chi connectivity index (χ1n) is 9.75. The number of hydrogen-bond acceptors (Lipinski definition) is 3. The summed E-state index contributed by atoms with van der Waals surface area (Å²) in [5, 5.41) is 15.9. The summed E-state index contributed by atoms with van der Waals surface area (Å²) in [5.74, 6) is 0. The molecule has 0 N–H and O–H groups in total. The maximum atomic E-state index is 10.2. The van der Waals surface area contributed by atoms with Crippen LogP contribution in [-0.2, 0) is 7.05 Å². The van der Waals surface area contributed by atoms with Gasteiger partial charge in [0.2, 0.25) is 0 Å². The lowest BCUT2D eigenvalue weighted by Gasteiger charge is -2.12. The van der Waals surface area contributed by atoms with Crippen LogP contribution in [-0.4, -0.2) is 14.8 Å². The van der Waals surface area contributed by atoms with Gasteiger partial charge < -0.3 is 0 Å². The summed E-state index contributed by atoms with van der Waals surface area (Å²) in [7, 11) is 1.90. The third kappa shape index (κ3) is 2.85. The van der Waals surface area contributed by atoms with E-state index in [4.69, 9.17) is 10.1 Å². The molecule has 142 valence electrons. The molecule has 0 unspecified atom stereocenters. The molecule has 0 spiro atoms. The Morgan fingerprint density at radius 3 is 1.73 bits per heavy atom. The highest BCUT2D eigenvalue weighted by Crippen LogP contribution is 2.40. The second-order valence-electron chi connectivity index (χ2n) is 7.09. The second-order valence-corrected chi connectivity index (χ2v) is 7.09. The number of aromatic nitrogens is 3. The average molecular weight is 386 g/mol. The Bertz CT molecular complexity index is 1380. The van der Waals surface area contributed by atoms with Crippen LogP contribution in [0.5, 0.6) is 0 Å². The van der Waals surface area contributed by atoms with Gasteiger partial charge in [-0.3, -0.25) is 0 Å². The molecule has 5 aromatic rings. The zero-order chi connectivity index (χ0) is 20.5. The Balaban J connectivity index is 1.96. The van der Waals surface area contributed by atoms with E-state index in [1.54, 1.807) is 4.68 Å². The molecule has 0 bridgehead atoms. The van der Waals surface area contributed by atoms with Gasteiger partial charge in [-0.15, -0.1) is 0 Å². The molecule has 5 rings (SSSR count). The van der Waals surface area contributed by atoms with Gasteiger partial charge in [0.05, 0.1) is 16.6 Å². The van der Waals surface area contributed by atoms with Crippen molar-refractivity contribution in [2.45, 2.75) is 0 Å². The van der Waals surface area contributed by atoms with Crippen molar-refractivity contribution in [2.24, 2.45) is 7.05 Å². The first-order chi connectivity index (χ1) is 14.8. The lowest BCUT2D eigenvalue weighted by Crippen LogP contribution is -1.98.